The number of benzene rings is 1. The van der Waals surface area contributed by atoms with Crippen molar-refractivity contribution < 1.29 is 9.15 Å². The van der Waals surface area contributed by atoms with E-state index >= 15 is 0 Å². The summed E-state index contributed by atoms with van der Waals surface area (Å²) in [7, 11) is 0. The van der Waals surface area contributed by atoms with Crippen molar-refractivity contribution in [3.8, 4) is 0 Å². The molecule has 0 N–H and O–H groups in total. The number of nitrogens with zero attached hydrogens (tertiary/aromatic N) is 1. The fourth-order valence-electron chi connectivity index (χ4n) is 1.08. The molecule has 2 aromatic rings. The largest absolute Gasteiger partial charge is 0.616 e. The summed E-state index contributed by atoms with van der Waals surface area (Å²) in [6.45, 7) is 1.65. The lowest BCUT2D eigenvalue weighted by Crippen LogP contribution is -2.26. The van der Waals surface area contributed by atoms with Gasteiger partial charge in [-0.25, -0.2) is 0 Å². The summed E-state index contributed by atoms with van der Waals surface area (Å²) in [4.78, 5) is 0. The monoisotopic (exact) mass is 149 g/mol. The smallest absolute Gasteiger partial charge is 0.356 e. The van der Waals surface area contributed by atoms with Crippen molar-refractivity contribution in [2.75, 3.05) is 0 Å². The van der Waals surface area contributed by atoms with Gasteiger partial charge in [-0.2, -0.15) is 0 Å². The molecule has 0 unspecified atom stereocenters. The molecule has 0 atom stereocenters. The first kappa shape index (κ1) is 6.22. The SMILES string of the molecule is Cc1oc2ccccc2[n+]1[O-]. The van der Waals surface area contributed by atoms with Crippen molar-refractivity contribution in [1.29, 1.82) is 0 Å². The third-order valence-corrected chi connectivity index (χ3v) is 1.63. The second-order valence-corrected chi connectivity index (χ2v) is 2.38. The van der Waals surface area contributed by atoms with E-state index in [1.165, 1.54) is 0 Å². The molecule has 56 valence electrons. The van der Waals surface area contributed by atoms with Crippen molar-refractivity contribution in [3.05, 3.63) is 35.4 Å². The minimum atomic E-state index is 0.381. The van der Waals surface area contributed by atoms with E-state index in [0.29, 0.717) is 17.0 Å². The van der Waals surface area contributed by atoms with Crippen LogP contribution in [0.2, 0.25) is 0 Å². The van der Waals surface area contributed by atoms with Gasteiger partial charge in [-0.05, 0) is 6.07 Å². The highest BCUT2D eigenvalue weighted by molar-refractivity contribution is 5.68. The number of fused-ring (bicyclic) bond motifs is 1. The predicted octanol–water partition coefficient (Wildman–Crippen LogP) is 1.37. The molecule has 3 heteroatoms. The van der Waals surface area contributed by atoms with Gasteiger partial charge in [-0.1, -0.05) is 12.1 Å². The number of oxazole rings is 1. The van der Waals surface area contributed by atoms with E-state index < -0.39 is 0 Å². The quantitative estimate of drug-likeness (QED) is 0.419. The Hall–Kier alpha value is -1.51. The zero-order valence-corrected chi connectivity index (χ0v) is 6.07. The fraction of sp³-hybridized carbons (Fsp3) is 0.125. The van der Waals surface area contributed by atoms with Crippen molar-refractivity contribution in [2.24, 2.45) is 0 Å². The van der Waals surface area contributed by atoms with Crippen molar-refractivity contribution >= 4 is 11.1 Å². The Morgan fingerprint density at radius 1 is 1.36 bits per heavy atom. The van der Waals surface area contributed by atoms with Crippen LogP contribution in [0.15, 0.2) is 28.7 Å². The van der Waals surface area contributed by atoms with Crippen LogP contribution in [0.4, 0.5) is 0 Å². The van der Waals surface area contributed by atoms with E-state index in [1.807, 2.05) is 12.1 Å². The Bertz CT molecular complexity index is 392. The van der Waals surface area contributed by atoms with Gasteiger partial charge in [0.05, 0.1) is 6.92 Å². The van der Waals surface area contributed by atoms with Gasteiger partial charge in [-0.3, -0.25) is 0 Å². The first-order valence-electron chi connectivity index (χ1n) is 3.37. The number of para-hydroxylation sites is 2. The molecular weight excluding hydrogens is 142 g/mol. The molecule has 0 fully saturated rings. The van der Waals surface area contributed by atoms with Gasteiger partial charge in [0.1, 0.15) is 0 Å². The summed E-state index contributed by atoms with van der Waals surface area (Å²) >= 11 is 0. The minimum absolute atomic E-state index is 0.381. The summed E-state index contributed by atoms with van der Waals surface area (Å²) < 4.78 is 5.94. The summed E-state index contributed by atoms with van der Waals surface area (Å²) in [5.74, 6) is 0.381. The van der Waals surface area contributed by atoms with Gasteiger partial charge < -0.3 is 9.62 Å². The molecule has 0 amide bonds. The third-order valence-electron chi connectivity index (χ3n) is 1.63. The molecule has 1 aromatic heterocycles. The topological polar surface area (TPSA) is 40.1 Å². The average Bonchev–Trinajstić information content (AvgIpc) is 2.30. The van der Waals surface area contributed by atoms with Crippen LogP contribution in [0.5, 0.6) is 0 Å². The van der Waals surface area contributed by atoms with Gasteiger partial charge in [-0.15, -0.1) is 4.73 Å². The lowest BCUT2D eigenvalue weighted by atomic mass is 10.3. The maximum atomic E-state index is 11.2. The Labute approximate surface area is 63.5 Å². The zero-order valence-electron chi connectivity index (χ0n) is 6.07. The van der Waals surface area contributed by atoms with Crippen LogP contribution in [0.1, 0.15) is 5.89 Å². The van der Waals surface area contributed by atoms with Crippen LogP contribution in [0.25, 0.3) is 11.1 Å². The Balaban J connectivity index is 2.92. The highest BCUT2D eigenvalue weighted by Gasteiger charge is 2.10. The summed E-state index contributed by atoms with van der Waals surface area (Å²) in [5, 5.41) is 11.2. The maximum absolute atomic E-state index is 11.2. The molecule has 0 bridgehead atoms. The Morgan fingerprint density at radius 3 is 2.82 bits per heavy atom. The van der Waals surface area contributed by atoms with Crippen LogP contribution in [0.3, 0.4) is 0 Å². The molecule has 1 heterocycles. The molecule has 11 heavy (non-hydrogen) atoms. The van der Waals surface area contributed by atoms with Crippen molar-refractivity contribution in [1.82, 2.24) is 0 Å². The molecule has 3 nitrogen and oxygen atoms in total. The molecule has 0 aliphatic heterocycles. The molecule has 0 radical (unpaired) electrons. The summed E-state index contributed by atoms with van der Waals surface area (Å²) in [6, 6.07) is 7.16. The average molecular weight is 149 g/mol. The van der Waals surface area contributed by atoms with E-state index in [4.69, 9.17) is 4.42 Å². The van der Waals surface area contributed by atoms with E-state index in [9.17, 15) is 5.21 Å². The van der Waals surface area contributed by atoms with Gasteiger partial charge in [0.15, 0.2) is 0 Å². The molecule has 0 spiro atoms. The van der Waals surface area contributed by atoms with Crippen LogP contribution in [-0.2, 0) is 0 Å². The molecule has 0 saturated carbocycles. The van der Waals surface area contributed by atoms with E-state index in [2.05, 4.69) is 0 Å². The highest BCUT2D eigenvalue weighted by Crippen LogP contribution is 2.11. The van der Waals surface area contributed by atoms with Crippen LogP contribution in [-0.4, -0.2) is 0 Å². The summed E-state index contributed by atoms with van der Waals surface area (Å²) in [5.41, 5.74) is 1.23. The lowest BCUT2D eigenvalue weighted by molar-refractivity contribution is -0.590. The highest BCUT2D eigenvalue weighted by atomic mass is 16.5. The molecule has 0 aliphatic carbocycles. The second kappa shape index (κ2) is 1.99. The van der Waals surface area contributed by atoms with Gasteiger partial charge in [0.25, 0.3) is 5.52 Å². The molecular formula is C8H7NO2. The Kier molecular flexibility index (Phi) is 1.12. The van der Waals surface area contributed by atoms with Crippen LogP contribution < -0.4 is 4.73 Å². The van der Waals surface area contributed by atoms with Gasteiger partial charge in [0.2, 0.25) is 5.58 Å². The lowest BCUT2D eigenvalue weighted by Gasteiger charge is -1.88. The minimum Gasteiger partial charge on any atom is -0.616 e. The molecule has 2 rings (SSSR count). The number of aromatic nitrogens is 1. The van der Waals surface area contributed by atoms with Crippen LogP contribution in [0, 0.1) is 12.1 Å². The van der Waals surface area contributed by atoms with Crippen LogP contribution >= 0.6 is 0 Å². The predicted molar refractivity (Wildman–Crippen MR) is 39.9 cm³/mol. The fourth-order valence-corrected chi connectivity index (χ4v) is 1.08. The maximum Gasteiger partial charge on any atom is 0.356 e. The summed E-state index contributed by atoms with van der Waals surface area (Å²) in [6.07, 6.45) is 0. The molecule has 0 aliphatic rings. The van der Waals surface area contributed by atoms with Crippen molar-refractivity contribution in [2.45, 2.75) is 6.92 Å². The number of hydrogen-bond donors (Lipinski definition) is 0. The van der Waals surface area contributed by atoms with E-state index in [0.717, 1.165) is 4.73 Å². The first-order chi connectivity index (χ1) is 5.29. The number of aryl methyl sites for hydroxylation is 1. The second-order valence-electron chi connectivity index (χ2n) is 2.38. The number of hydrogen-bond acceptors (Lipinski definition) is 2. The van der Waals surface area contributed by atoms with Crippen molar-refractivity contribution in [3.63, 3.8) is 0 Å². The van der Waals surface area contributed by atoms with E-state index in [-0.39, 0.29) is 0 Å². The standard InChI is InChI=1S/C8H7NO2/c1-6-9(10)7-4-2-3-5-8(7)11-6/h2-5H,1H3. The molecule has 1 aromatic carbocycles. The normalized spacial score (nSPS) is 10.6. The Morgan fingerprint density at radius 2 is 2.09 bits per heavy atom. The molecule has 0 saturated heterocycles. The third kappa shape index (κ3) is 0.774. The first-order valence-corrected chi connectivity index (χ1v) is 3.37. The van der Waals surface area contributed by atoms with E-state index in [1.54, 1.807) is 19.1 Å². The number of rotatable bonds is 0. The van der Waals surface area contributed by atoms with Gasteiger partial charge >= 0.3 is 5.89 Å². The van der Waals surface area contributed by atoms with Gasteiger partial charge in [0, 0.05) is 6.07 Å². The zero-order chi connectivity index (χ0) is 7.84.